The van der Waals surface area contributed by atoms with Gasteiger partial charge >= 0.3 is 19.5 Å². The first-order valence-corrected chi connectivity index (χ1v) is 4.69. The summed E-state index contributed by atoms with van der Waals surface area (Å²) in [5.41, 5.74) is 0. The van der Waals surface area contributed by atoms with Crippen molar-refractivity contribution in [3.05, 3.63) is 0 Å². The topological polar surface area (TPSA) is 41.5 Å². The van der Waals surface area contributed by atoms with Crippen LogP contribution in [0, 0.1) is 0 Å². The maximum Gasteiger partial charge on any atom is 2.00 e. The van der Waals surface area contributed by atoms with Crippen molar-refractivity contribution in [1.29, 1.82) is 0 Å². The molecule has 0 aromatic rings. The van der Waals surface area contributed by atoms with Crippen LogP contribution in [0.15, 0.2) is 0 Å². The van der Waals surface area contributed by atoms with Gasteiger partial charge < -0.3 is 65.6 Å². The third kappa shape index (κ3) is 23.0. The van der Waals surface area contributed by atoms with Crippen LogP contribution in [-0.4, -0.2) is 46.6 Å². The summed E-state index contributed by atoms with van der Waals surface area (Å²) in [7, 11) is 7.31. The maximum absolute atomic E-state index is 4.56. The van der Waals surface area contributed by atoms with E-state index in [1.54, 1.807) is 9.80 Å². The number of rotatable bonds is 0. The van der Waals surface area contributed by atoms with Crippen LogP contribution in [0.3, 0.4) is 0 Å². The van der Waals surface area contributed by atoms with Gasteiger partial charge in [0.15, 0.2) is 0 Å². The third-order valence-corrected chi connectivity index (χ3v) is 2.19. The first-order chi connectivity index (χ1) is 5.29. The van der Waals surface area contributed by atoms with Crippen molar-refractivity contribution in [2.75, 3.05) is 28.2 Å². The van der Waals surface area contributed by atoms with E-state index >= 15 is 0 Å². The van der Waals surface area contributed by atoms with Crippen molar-refractivity contribution in [2.45, 2.75) is 0 Å². The van der Waals surface area contributed by atoms with Crippen LogP contribution in [0.1, 0.15) is 0 Å². The molecule has 0 amide bonds. The third-order valence-electron chi connectivity index (χ3n) is 0.730. The van der Waals surface area contributed by atoms with Gasteiger partial charge in [0.25, 0.3) is 0 Å². The van der Waals surface area contributed by atoms with E-state index in [1.165, 1.54) is 0 Å². The second-order valence-corrected chi connectivity index (χ2v) is 4.38. The van der Waals surface area contributed by atoms with Gasteiger partial charge in [-0.2, -0.15) is 0 Å². The Labute approximate surface area is 121 Å². The van der Waals surface area contributed by atoms with Gasteiger partial charge in [0.1, 0.15) is 0 Å². The molecule has 0 aromatic carbocycles. The molecule has 0 heterocycles. The predicted octanol–water partition coefficient (Wildman–Crippen LogP) is 0.919. The number of nitrogens with zero attached hydrogens (tertiary/aromatic N) is 2. The molecule has 14 heavy (non-hydrogen) atoms. The quantitative estimate of drug-likeness (QED) is 0.404. The Bertz CT molecular complexity index is 145. The average Bonchev–Trinajstić information content (AvgIpc) is 1.88. The van der Waals surface area contributed by atoms with Crippen LogP contribution in [0.2, 0.25) is 0 Å². The first-order valence-electron chi connectivity index (χ1n) is 3.05. The summed E-state index contributed by atoms with van der Waals surface area (Å²) in [4.78, 5) is 3.43. The van der Waals surface area contributed by atoms with Crippen molar-refractivity contribution in [3.8, 4) is 0 Å². The zero-order valence-electron chi connectivity index (χ0n) is 8.94. The molecule has 80 valence electrons. The predicted molar refractivity (Wildman–Crippen MR) is 72.3 cm³/mol. The number of hydrogen-bond donors (Lipinski definition) is 1. The molecule has 3 nitrogen and oxygen atoms in total. The minimum absolute atomic E-state index is 0. The summed E-state index contributed by atoms with van der Waals surface area (Å²) in [5.74, 6) is 0. The molecule has 0 bridgehead atoms. The molecule has 3 N–H and O–H groups in total. The van der Waals surface area contributed by atoms with Crippen molar-refractivity contribution in [3.63, 3.8) is 0 Å². The number of thiocarbonyl (C=S) groups is 2. The summed E-state index contributed by atoms with van der Waals surface area (Å²) < 4.78 is 1.02. The molecule has 0 aliphatic carbocycles. The largest absolute Gasteiger partial charge is 2.00 e. The summed E-state index contributed by atoms with van der Waals surface area (Å²) >= 11 is 18.2. The van der Waals surface area contributed by atoms with Gasteiger partial charge in [-0.25, -0.2) is 0 Å². The molecule has 0 unspecified atom stereocenters. The summed E-state index contributed by atoms with van der Waals surface area (Å²) in [5, 5.41) is 0. The molecule has 0 fully saturated rings. The van der Waals surface area contributed by atoms with Crippen molar-refractivity contribution >= 4 is 58.3 Å². The van der Waals surface area contributed by atoms with Gasteiger partial charge in [0.05, 0.1) is 0 Å². The van der Waals surface area contributed by atoms with E-state index in [-0.39, 0.29) is 25.6 Å². The van der Waals surface area contributed by atoms with E-state index in [0.717, 1.165) is 0 Å². The molecule has 8 heteroatoms. The second-order valence-electron chi connectivity index (χ2n) is 2.32. The van der Waals surface area contributed by atoms with E-state index < -0.39 is 0 Å². The molecule has 0 rings (SSSR count). The average molecular weight is 323 g/mol. The van der Waals surface area contributed by atoms with Crippen molar-refractivity contribution < 1.29 is 19.5 Å². The van der Waals surface area contributed by atoms with Crippen molar-refractivity contribution in [1.82, 2.24) is 16.0 Å². The molecule has 0 aliphatic rings. The van der Waals surface area contributed by atoms with E-state index in [4.69, 9.17) is 0 Å². The van der Waals surface area contributed by atoms with Gasteiger partial charge in [-0.3, -0.25) is 0 Å². The van der Waals surface area contributed by atoms with Crippen LogP contribution >= 0.6 is 24.4 Å². The normalized spacial score (nSPS) is 6.57. The van der Waals surface area contributed by atoms with E-state index in [1.807, 2.05) is 28.2 Å². The maximum atomic E-state index is 4.56. The monoisotopic (exact) mass is 321 g/mol. The smallest absolute Gasteiger partial charge is 0.411 e. The second kappa shape index (κ2) is 13.8. The Balaban J connectivity index is -0.0000000625. The fraction of sp³-hybridized carbons (Fsp3) is 0.667. The molecular weight excluding hydrogens is 308 g/mol. The van der Waals surface area contributed by atoms with Crippen molar-refractivity contribution in [2.24, 2.45) is 0 Å². The summed E-state index contributed by atoms with van der Waals surface area (Å²) in [6.07, 6.45) is 0. The molecular formula is C6H15N3S4Zn. The minimum Gasteiger partial charge on any atom is -0.411 e. The van der Waals surface area contributed by atoms with E-state index in [9.17, 15) is 0 Å². The number of hydrogen-bond acceptors (Lipinski definition) is 5. The first kappa shape index (κ1) is 24.2. The van der Waals surface area contributed by atoms with Gasteiger partial charge in [-0.05, 0) is 0 Å². The van der Waals surface area contributed by atoms with Gasteiger partial charge in [-0.1, -0.05) is 8.64 Å². The fourth-order valence-corrected chi connectivity index (χ4v) is 0. The molecule has 0 spiro atoms. The Morgan fingerprint density at radius 3 is 0.929 bits per heavy atom. The van der Waals surface area contributed by atoms with Gasteiger partial charge in [0, 0.05) is 28.2 Å². The summed E-state index contributed by atoms with van der Waals surface area (Å²) in [6, 6.07) is 0. The van der Waals surface area contributed by atoms with E-state index in [2.05, 4.69) is 49.7 Å². The summed E-state index contributed by atoms with van der Waals surface area (Å²) in [6.45, 7) is 0. The Morgan fingerprint density at radius 1 is 0.857 bits per heavy atom. The Morgan fingerprint density at radius 2 is 0.929 bits per heavy atom. The zero-order chi connectivity index (χ0) is 10.3. The molecule has 0 aromatic heterocycles. The Kier molecular flexibility index (Phi) is 23.8. The molecule has 0 atom stereocenters. The Hall–Kier alpha value is 0.803. The van der Waals surface area contributed by atoms with E-state index in [0.29, 0.717) is 8.64 Å². The van der Waals surface area contributed by atoms with Crippen LogP contribution in [-0.2, 0) is 44.7 Å². The fourth-order valence-electron chi connectivity index (χ4n) is 0. The van der Waals surface area contributed by atoms with Crippen LogP contribution in [0.25, 0.3) is 0 Å². The van der Waals surface area contributed by atoms with Crippen LogP contribution < -0.4 is 6.15 Å². The SMILES string of the molecule is CN(C)C(=S)[S-].CN(C)C(=S)[S-].N.[Zn+2]. The van der Waals surface area contributed by atoms with Gasteiger partial charge in [-0.15, -0.1) is 0 Å². The van der Waals surface area contributed by atoms with Crippen LogP contribution in [0.4, 0.5) is 0 Å². The molecule has 0 saturated carbocycles. The molecule has 0 radical (unpaired) electrons. The van der Waals surface area contributed by atoms with Gasteiger partial charge in [0.2, 0.25) is 0 Å². The zero-order valence-corrected chi connectivity index (χ0v) is 15.2. The molecule has 0 saturated heterocycles. The standard InChI is InChI=1S/2C3H7NS2.H3N.Zn/c2*1-4(2)3(5)6;;/h2*1-2H3,(H,5,6);1H3;/q;;;+2/p-2. The van der Waals surface area contributed by atoms with Crippen LogP contribution in [0.5, 0.6) is 0 Å². The molecule has 0 aliphatic heterocycles. The minimum atomic E-state index is 0.